The minimum Gasteiger partial charge on any atom is -0.354 e. The Morgan fingerprint density at radius 1 is 0.958 bits per heavy atom. The molecule has 0 aliphatic heterocycles. The molecule has 0 spiro atoms. The molecule has 0 saturated heterocycles. The van der Waals surface area contributed by atoms with Crippen LogP contribution in [0.4, 0.5) is 11.4 Å². The third-order valence-electron chi connectivity index (χ3n) is 3.91. The lowest BCUT2D eigenvalue weighted by Gasteiger charge is -2.10. The molecule has 0 fully saturated rings. The van der Waals surface area contributed by atoms with Crippen molar-refractivity contribution in [3.63, 3.8) is 0 Å². The van der Waals surface area contributed by atoms with Gasteiger partial charge in [0.1, 0.15) is 0 Å². The fourth-order valence-electron chi connectivity index (χ4n) is 2.79. The molecule has 0 aliphatic rings. The van der Waals surface area contributed by atoms with Crippen molar-refractivity contribution in [1.29, 1.82) is 0 Å². The minimum atomic E-state index is 0.968. The predicted octanol–water partition coefficient (Wildman–Crippen LogP) is 5.14. The predicted molar refractivity (Wildman–Crippen MR) is 101 cm³/mol. The first-order valence-electron chi connectivity index (χ1n) is 7.60. The summed E-state index contributed by atoms with van der Waals surface area (Å²) in [7, 11) is 1.94. The Hall–Kier alpha value is -2.66. The molecule has 118 valence electrons. The lowest BCUT2D eigenvalue weighted by Crippen LogP contribution is -1.95. The smallest absolute Gasteiger partial charge is 0.0821 e. The number of nitrogens with zero attached hydrogens (tertiary/aromatic N) is 3. The molecule has 1 N–H and O–H groups in total. The average molecular weight is 379 g/mol. The third-order valence-corrected chi connectivity index (χ3v) is 4.49. The molecule has 2 aromatic heterocycles. The van der Waals surface area contributed by atoms with Gasteiger partial charge in [0.2, 0.25) is 0 Å². The van der Waals surface area contributed by atoms with Gasteiger partial charge in [-0.05, 0) is 40.2 Å². The maximum atomic E-state index is 4.49. The van der Waals surface area contributed by atoms with Crippen molar-refractivity contribution in [3.05, 3.63) is 71.5 Å². The van der Waals surface area contributed by atoms with Gasteiger partial charge in [0.05, 0.1) is 33.8 Å². The van der Waals surface area contributed by atoms with Gasteiger partial charge in [0.15, 0.2) is 0 Å². The number of benzene rings is 2. The molecule has 0 atom stereocenters. The number of anilines is 2. The number of hydrogen-bond acceptors (Lipinski definition) is 3. The van der Waals surface area contributed by atoms with Crippen molar-refractivity contribution in [2.45, 2.75) is 0 Å². The molecule has 4 rings (SSSR count). The summed E-state index contributed by atoms with van der Waals surface area (Å²) in [4.78, 5) is 4.49. The Kier molecular flexibility index (Phi) is 3.78. The summed E-state index contributed by atoms with van der Waals surface area (Å²) in [6.07, 6.45) is 3.66. The molecule has 24 heavy (non-hydrogen) atoms. The molecular weight excluding hydrogens is 364 g/mol. The van der Waals surface area contributed by atoms with Crippen LogP contribution in [0.2, 0.25) is 0 Å². The number of halogens is 1. The van der Waals surface area contributed by atoms with Crippen molar-refractivity contribution >= 4 is 38.2 Å². The van der Waals surface area contributed by atoms with E-state index in [1.165, 1.54) is 0 Å². The standard InChI is InChI=1S/C19H15BrN4/c1-24-19(17(20)12-22-24)14-6-4-7-15(10-14)23-16-9-13-5-2-3-8-18(13)21-11-16/h2-12,23H,1H3. The van der Waals surface area contributed by atoms with Gasteiger partial charge in [-0.15, -0.1) is 0 Å². The van der Waals surface area contributed by atoms with Gasteiger partial charge in [-0.3, -0.25) is 9.67 Å². The van der Waals surface area contributed by atoms with Gasteiger partial charge in [-0.1, -0.05) is 30.3 Å². The van der Waals surface area contributed by atoms with Crippen molar-refractivity contribution in [2.75, 3.05) is 5.32 Å². The first kappa shape index (κ1) is 14.9. The number of nitrogens with one attached hydrogen (secondary N) is 1. The molecule has 2 heterocycles. The third kappa shape index (κ3) is 2.78. The Morgan fingerprint density at radius 3 is 2.67 bits per heavy atom. The van der Waals surface area contributed by atoms with Gasteiger partial charge in [0, 0.05) is 23.7 Å². The van der Waals surface area contributed by atoms with Crippen LogP contribution < -0.4 is 5.32 Å². The van der Waals surface area contributed by atoms with Crippen LogP contribution in [0.3, 0.4) is 0 Å². The van der Waals surface area contributed by atoms with Crippen LogP contribution in [0, 0.1) is 0 Å². The van der Waals surface area contributed by atoms with Crippen molar-refractivity contribution < 1.29 is 0 Å². The molecule has 4 nitrogen and oxygen atoms in total. The Labute approximate surface area is 148 Å². The summed E-state index contributed by atoms with van der Waals surface area (Å²) in [6.45, 7) is 0. The summed E-state index contributed by atoms with van der Waals surface area (Å²) in [5, 5.41) is 8.83. The maximum absolute atomic E-state index is 4.49. The molecule has 2 aromatic carbocycles. The lowest BCUT2D eigenvalue weighted by atomic mass is 10.1. The summed E-state index contributed by atoms with van der Waals surface area (Å²) in [5.74, 6) is 0. The van der Waals surface area contributed by atoms with Crippen LogP contribution >= 0.6 is 15.9 Å². The average Bonchev–Trinajstić information content (AvgIpc) is 2.94. The fourth-order valence-corrected chi connectivity index (χ4v) is 3.36. The van der Waals surface area contributed by atoms with Crippen LogP contribution in [0.25, 0.3) is 22.2 Å². The van der Waals surface area contributed by atoms with E-state index in [1.807, 2.05) is 54.5 Å². The van der Waals surface area contributed by atoms with Gasteiger partial charge in [-0.25, -0.2) is 0 Å². The zero-order chi connectivity index (χ0) is 16.5. The van der Waals surface area contributed by atoms with E-state index in [4.69, 9.17) is 0 Å². The van der Waals surface area contributed by atoms with E-state index < -0.39 is 0 Å². The zero-order valence-electron chi connectivity index (χ0n) is 13.1. The molecule has 0 bridgehead atoms. The number of para-hydroxylation sites is 1. The molecule has 0 aliphatic carbocycles. The Morgan fingerprint density at radius 2 is 1.83 bits per heavy atom. The maximum Gasteiger partial charge on any atom is 0.0821 e. The molecule has 0 radical (unpaired) electrons. The number of rotatable bonds is 3. The highest BCUT2D eigenvalue weighted by Gasteiger charge is 2.09. The molecule has 0 amide bonds. The Balaban J connectivity index is 1.68. The second-order valence-electron chi connectivity index (χ2n) is 5.59. The molecule has 0 unspecified atom stereocenters. The highest BCUT2D eigenvalue weighted by molar-refractivity contribution is 9.10. The lowest BCUT2D eigenvalue weighted by molar-refractivity contribution is 0.776. The second kappa shape index (κ2) is 6.09. The first-order chi connectivity index (χ1) is 11.7. The minimum absolute atomic E-state index is 0.968. The highest BCUT2D eigenvalue weighted by Crippen LogP contribution is 2.30. The number of aryl methyl sites for hydroxylation is 1. The number of fused-ring (bicyclic) bond motifs is 1. The van der Waals surface area contributed by atoms with Crippen molar-refractivity contribution in [1.82, 2.24) is 14.8 Å². The van der Waals surface area contributed by atoms with Crippen molar-refractivity contribution in [2.24, 2.45) is 7.05 Å². The van der Waals surface area contributed by atoms with Crippen LogP contribution in [-0.4, -0.2) is 14.8 Å². The quantitative estimate of drug-likeness (QED) is 0.536. The highest BCUT2D eigenvalue weighted by atomic mass is 79.9. The molecule has 5 heteroatoms. The van der Waals surface area contributed by atoms with Crippen LogP contribution in [0.1, 0.15) is 0 Å². The van der Waals surface area contributed by atoms with Crippen LogP contribution in [0.15, 0.2) is 71.5 Å². The first-order valence-corrected chi connectivity index (χ1v) is 8.40. The van der Waals surface area contributed by atoms with Crippen molar-refractivity contribution in [3.8, 4) is 11.3 Å². The number of hydrogen-bond donors (Lipinski definition) is 1. The second-order valence-corrected chi connectivity index (χ2v) is 6.44. The summed E-state index contributed by atoms with van der Waals surface area (Å²) >= 11 is 3.56. The SMILES string of the molecule is Cn1ncc(Br)c1-c1cccc(Nc2cnc3ccccc3c2)c1. The van der Waals surface area contributed by atoms with Crippen LogP contribution in [-0.2, 0) is 7.05 Å². The van der Waals surface area contributed by atoms with Gasteiger partial charge >= 0.3 is 0 Å². The summed E-state index contributed by atoms with van der Waals surface area (Å²) in [6, 6.07) is 18.5. The van der Waals surface area contributed by atoms with Gasteiger partial charge < -0.3 is 5.32 Å². The fraction of sp³-hybridized carbons (Fsp3) is 0.0526. The zero-order valence-corrected chi connectivity index (χ0v) is 14.7. The van der Waals surface area contributed by atoms with E-state index in [0.29, 0.717) is 0 Å². The number of aromatic nitrogens is 3. The topological polar surface area (TPSA) is 42.7 Å². The van der Waals surface area contributed by atoms with Gasteiger partial charge in [-0.2, -0.15) is 5.10 Å². The van der Waals surface area contributed by atoms with E-state index in [1.54, 1.807) is 0 Å². The number of pyridine rings is 1. The molecule has 4 aromatic rings. The van der Waals surface area contributed by atoms with E-state index in [0.717, 1.165) is 38.0 Å². The Bertz CT molecular complexity index is 1000. The summed E-state index contributed by atoms with van der Waals surface area (Å²) in [5.41, 5.74) is 5.12. The monoisotopic (exact) mass is 378 g/mol. The van der Waals surface area contributed by atoms with E-state index in [2.05, 4.69) is 55.6 Å². The largest absolute Gasteiger partial charge is 0.354 e. The summed E-state index contributed by atoms with van der Waals surface area (Å²) < 4.78 is 2.84. The van der Waals surface area contributed by atoms with E-state index in [9.17, 15) is 0 Å². The van der Waals surface area contributed by atoms with E-state index in [-0.39, 0.29) is 0 Å². The molecular formula is C19H15BrN4. The normalized spacial score (nSPS) is 10.9. The van der Waals surface area contributed by atoms with Gasteiger partial charge in [0.25, 0.3) is 0 Å². The van der Waals surface area contributed by atoms with Crippen LogP contribution in [0.5, 0.6) is 0 Å². The molecule has 0 saturated carbocycles. The van der Waals surface area contributed by atoms with E-state index >= 15 is 0 Å².